The molecule has 0 aliphatic carbocycles. The molecule has 0 fully saturated rings. The lowest BCUT2D eigenvalue weighted by Gasteiger charge is -2.06. The summed E-state index contributed by atoms with van der Waals surface area (Å²) in [5, 5.41) is 3.31. The Bertz CT molecular complexity index is 109. The van der Waals surface area contributed by atoms with E-state index in [0.717, 1.165) is 39.3 Å². The van der Waals surface area contributed by atoms with E-state index in [1.807, 2.05) is 0 Å². The average Bonchev–Trinajstić information content (AvgIpc) is 2.31. The number of hydrogen-bond donors (Lipinski definition) is 1. The zero-order valence-electron chi connectivity index (χ0n) is 10.8. The molecule has 0 aromatic rings. The van der Waals surface area contributed by atoms with E-state index in [-0.39, 0.29) is 0 Å². The molecule has 1 N–H and O–H groups in total. The highest BCUT2D eigenvalue weighted by molar-refractivity contribution is 4.46. The summed E-state index contributed by atoms with van der Waals surface area (Å²) in [7, 11) is 1.68. The van der Waals surface area contributed by atoms with Crippen LogP contribution in [0.5, 0.6) is 0 Å². The van der Waals surface area contributed by atoms with Crippen LogP contribution in [-0.2, 0) is 14.2 Å². The number of hydrogen-bond acceptors (Lipinski definition) is 4. The Balaban J connectivity index is 2.83. The maximum atomic E-state index is 5.45. The van der Waals surface area contributed by atoms with E-state index in [1.54, 1.807) is 7.11 Å². The summed E-state index contributed by atoms with van der Waals surface area (Å²) in [6, 6.07) is 0. The van der Waals surface area contributed by atoms with E-state index < -0.39 is 0 Å². The summed E-state index contributed by atoms with van der Waals surface area (Å²) in [6.07, 6.45) is 3.44. The molecule has 16 heavy (non-hydrogen) atoms. The lowest BCUT2D eigenvalue weighted by Crippen LogP contribution is -2.22. The quantitative estimate of drug-likeness (QED) is 0.489. The van der Waals surface area contributed by atoms with Crippen molar-refractivity contribution in [2.24, 2.45) is 0 Å². The highest BCUT2D eigenvalue weighted by Crippen LogP contribution is 1.88. The molecule has 0 aromatic carbocycles. The summed E-state index contributed by atoms with van der Waals surface area (Å²) in [5.41, 5.74) is 0. The second-order valence-electron chi connectivity index (χ2n) is 3.67. The van der Waals surface area contributed by atoms with Crippen LogP contribution < -0.4 is 5.32 Å². The van der Waals surface area contributed by atoms with Crippen molar-refractivity contribution in [3.05, 3.63) is 0 Å². The molecule has 0 spiro atoms. The van der Waals surface area contributed by atoms with Gasteiger partial charge in [0.2, 0.25) is 0 Å². The Labute approximate surface area is 99.6 Å². The lowest BCUT2D eigenvalue weighted by atomic mass is 10.4. The van der Waals surface area contributed by atoms with Gasteiger partial charge in [-0.1, -0.05) is 13.3 Å². The molecule has 0 aliphatic rings. The molecule has 0 atom stereocenters. The van der Waals surface area contributed by atoms with Crippen LogP contribution in [0.3, 0.4) is 0 Å². The SMILES string of the molecule is CCCCOCCCNCCOCCOC. The van der Waals surface area contributed by atoms with Crippen molar-refractivity contribution in [2.75, 3.05) is 53.2 Å². The Morgan fingerprint density at radius 3 is 2.31 bits per heavy atom. The zero-order chi connectivity index (χ0) is 11.9. The molecular weight excluding hydrogens is 206 g/mol. The molecule has 4 nitrogen and oxygen atoms in total. The van der Waals surface area contributed by atoms with Gasteiger partial charge in [0.25, 0.3) is 0 Å². The first-order valence-electron chi connectivity index (χ1n) is 6.27. The summed E-state index contributed by atoms with van der Waals surface area (Å²) < 4.78 is 15.6. The van der Waals surface area contributed by atoms with Crippen molar-refractivity contribution in [2.45, 2.75) is 26.2 Å². The monoisotopic (exact) mass is 233 g/mol. The molecule has 0 bridgehead atoms. The van der Waals surface area contributed by atoms with E-state index in [4.69, 9.17) is 14.2 Å². The average molecular weight is 233 g/mol. The van der Waals surface area contributed by atoms with Crippen molar-refractivity contribution >= 4 is 0 Å². The molecule has 0 rings (SSSR count). The van der Waals surface area contributed by atoms with Gasteiger partial charge < -0.3 is 19.5 Å². The van der Waals surface area contributed by atoms with E-state index >= 15 is 0 Å². The van der Waals surface area contributed by atoms with Gasteiger partial charge in [-0.05, 0) is 19.4 Å². The molecule has 0 saturated carbocycles. The van der Waals surface area contributed by atoms with Gasteiger partial charge in [-0.3, -0.25) is 0 Å². The maximum absolute atomic E-state index is 5.45. The van der Waals surface area contributed by atoms with Gasteiger partial charge in [0.1, 0.15) is 0 Å². The van der Waals surface area contributed by atoms with Gasteiger partial charge >= 0.3 is 0 Å². The molecule has 0 unspecified atom stereocenters. The molecule has 0 heterocycles. The van der Waals surface area contributed by atoms with Gasteiger partial charge in [-0.15, -0.1) is 0 Å². The zero-order valence-corrected chi connectivity index (χ0v) is 10.8. The highest BCUT2D eigenvalue weighted by Gasteiger charge is 1.90. The van der Waals surface area contributed by atoms with E-state index in [0.29, 0.717) is 13.2 Å². The Kier molecular flexibility index (Phi) is 14.7. The highest BCUT2D eigenvalue weighted by atomic mass is 16.5. The maximum Gasteiger partial charge on any atom is 0.0700 e. The van der Waals surface area contributed by atoms with Crippen LogP contribution in [0.2, 0.25) is 0 Å². The molecule has 0 aliphatic heterocycles. The van der Waals surface area contributed by atoms with Gasteiger partial charge in [0.15, 0.2) is 0 Å². The number of unbranched alkanes of at least 4 members (excludes halogenated alkanes) is 1. The van der Waals surface area contributed by atoms with Gasteiger partial charge in [-0.2, -0.15) is 0 Å². The molecule has 0 amide bonds. The number of ether oxygens (including phenoxy) is 3. The molecule has 0 radical (unpaired) electrons. The first-order chi connectivity index (χ1) is 7.91. The second-order valence-corrected chi connectivity index (χ2v) is 3.67. The van der Waals surface area contributed by atoms with Crippen LogP contribution in [-0.4, -0.2) is 53.2 Å². The van der Waals surface area contributed by atoms with Crippen LogP contribution in [0.1, 0.15) is 26.2 Å². The number of methoxy groups -OCH3 is 1. The minimum atomic E-state index is 0.672. The first kappa shape index (κ1) is 15.8. The summed E-state index contributed by atoms with van der Waals surface area (Å²) in [5.74, 6) is 0. The Hall–Kier alpha value is -0.160. The first-order valence-corrected chi connectivity index (χ1v) is 6.27. The predicted molar refractivity (Wildman–Crippen MR) is 65.9 cm³/mol. The smallest absolute Gasteiger partial charge is 0.0700 e. The van der Waals surface area contributed by atoms with Crippen molar-refractivity contribution in [1.29, 1.82) is 0 Å². The van der Waals surface area contributed by atoms with Crippen LogP contribution in [0.25, 0.3) is 0 Å². The van der Waals surface area contributed by atoms with E-state index in [1.165, 1.54) is 12.8 Å². The molecule has 98 valence electrons. The van der Waals surface area contributed by atoms with Crippen molar-refractivity contribution < 1.29 is 14.2 Å². The fourth-order valence-corrected chi connectivity index (χ4v) is 1.16. The summed E-state index contributed by atoms with van der Waals surface area (Å²) >= 11 is 0. The van der Waals surface area contributed by atoms with Crippen LogP contribution in [0.4, 0.5) is 0 Å². The van der Waals surface area contributed by atoms with Gasteiger partial charge in [-0.25, -0.2) is 0 Å². The predicted octanol–water partition coefficient (Wildman–Crippen LogP) is 1.45. The number of nitrogens with one attached hydrogen (secondary N) is 1. The van der Waals surface area contributed by atoms with Crippen molar-refractivity contribution in [3.8, 4) is 0 Å². The lowest BCUT2D eigenvalue weighted by molar-refractivity contribution is 0.0715. The van der Waals surface area contributed by atoms with E-state index in [2.05, 4.69) is 12.2 Å². The third kappa shape index (κ3) is 13.8. The molecule has 4 heteroatoms. The molecule has 0 aromatic heterocycles. The van der Waals surface area contributed by atoms with Crippen LogP contribution in [0.15, 0.2) is 0 Å². The van der Waals surface area contributed by atoms with Crippen LogP contribution in [0, 0.1) is 0 Å². The summed E-state index contributed by atoms with van der Waals surface area (Å²) in [4.78, 5) is 0. The fourth-order valence-electron chi connectivity index (χ4n) is 1.16. The van der Waals surface area contributed by atoms with Crippen LogP contribution >= 0.6 is 0 Å². The fraction of sp³-hybridized carbons (Fsp3) is 1.00. The standard InChI is InChI=1S/C12H27NO3/c1-3-4-8-15-9-5-6-13-7-10-16-12-11-14-2/h13H,3-12H2,1-2H3. The van der Waals surface area contributed by atoms with Gasteiger partial charge in [0, 0.05) is 26.9 Å². The second kappa shape index (κ2) is 14.8. The molecular formula is C12H27NO3. The van der Waals surface area contributed by atoms with E-state index in [9.17, 15) is 0 Å². The van der Waals surface area contributed by atoms with Crippen molar-refractivity contribution in [1.82, 2.24) is 5.32 Å². The summed E-state index contributed by atoms with van der Waals surface area (Å²) in [6.45, 7) is 7.94. The number of rotatable bonds is 13. The minimum Gasteiger partial charge on any atom is -0.382 e. The normalized spacial score (nSPS) is 10.9. The minimum absolute atomic E-state index is 0.672. The van der Waals surface area contributed by atoms with Crippen molar-refractivity contribution in [3.63, 3.8) is 0 Å². The Morgan fingerprint density at radius 2 is 1.56 bits per heavy atom. The third-order valence-electron chi connectivity index (χ3n) is 2.14. The molecule has 0 saturated heterocycles. The Morgan fingerprint density at radius 1 is 0.812 bits per heavy atom. The van der Waals surface area contributed by atoms with Gasteiger partial charge in [0.05, 0.1) is 19.8 Å². The topological polar surface area (TPSA) is 39.7 Å². The third-order valence-corrected chi connectivity index (χ3v) is 2.14. The largest absolute Gasteiger partial charge is 0.382 e.